The summed E-state index contributed by atoms with van der Waals surface area (Å²) in [4.78, 5) is 12.2. The van der Waals surface area contributed by atoms with E-state index in [-0.39, 0.29) is 12.6 Å². The van der Waals surface area contributed by atoms with Gasteiger partial charge < -0.3 is 25.8 Å². The molecule has 0 unspecified atom stereocenters. The summed E-state index contributed by atoms with van der Waals surface area (Å²) >= 11 is 0. The van der Waals surface area contributed by atoms with Crippen molar-refractivity contribution < 1.29 is 14.6 Å². The zero-order valence-electron chi connectivity index (χ0n) is 18.6. The Labute approximate surface area is 196 Å². The molecule has 4 aromatic rings. The van der Waals surface area contributed by atoms with Crippen LogP contribution in [0.1, 0.15) is 17.5 Å². The quantitative estimate of drug-likeness (QED) is 0.288. The van der Waals surface area contributed by atoms with Crippen molar-refractivity contribution in [2.45, 2.75) is 13.3 Å². The topological polar surface area (TPSA) is 124 Å². The van der Waals surface area contributed by atoms with Crippen molar-refractivity contribution in [1.29, 1.82) is 5.26 Å². The van der Waals surface area contributed by atoms with Crippen molar-refractivity contribution in [2.24, 2.45) is 0 Å². The van der Waals surface area contributed by atoms with Crippen molar-refractivity contribution in [2.75, 3.05) is 23.8 Å². The molecule has 0 spiro atoms. The zero-order valence-corrected chi connectivity index (χ0v) is 18.6. The molecule has 172 valence electrons. The number of nitrogens with one attached hydrogen (secondary N) is 3. The molecular formula is C25H24N6O3. The van der Waals surface area contributed by atoms with Gasteiger partial charge in [-0.25, -0.2) is 9.31 Å². The standard InChI is InChI=1S/C25H24N6O3/c1-17-22(30-25(33)27-12-5-13-32)16-31-24(17)23(18(14-26)15-28-31)29-19-8-10-21(11-9-19)34-20-6-3-2-4-7-20/h2-4,6-11,15-16,29,32H,5,12-13H2,1H3,(H2,27,30,33). The average Bonchev–Trinajstić information content (AvgIpc) is 3.16. The highest BCUT2D eigenvalue weighted by Crippen LogP contribution is 2.33. The first-order chi connectivity index (χ1) is 16.6. The first-order valence-corrected chi connectivity index (χ1v) is 10.8. The Morgan fingerprint density at radius 2 is 1.88 bits per heavy atom. The number of nitrogens with zero attached hydrogens (tertiary/aromatic N) is 3. The summed E-state index contributed by atoms with van der Waals surface area (Å²) in [6, 6.07) is 18.7. The Hall–Kier alpha value is -4.55. The van der Waals surface area contributed by atoms with Crippen LogP contribution in [0.2, 0.25) is 0 Å². The lowest BCUT2D eigenvalue weighted by Crippen LogP contribution is -2.30. The normalized spacial score (nSPS) is 10.5. The summed E-state index contributed by atoms with van der Waals surface area (Å²) in [7, 11) is 0. The maximum Gasteiger partial charge on any atom is 0.319 e. The van der Waals surface area contributed by atoms with Gasteiger partial charge in [0, 0.05) is 24.4 Å². The second kappa shape index (κ2) is 10.4. The molecule has 9 heteroatoms. The molecule has 9 nitrogen and oxygen atoms in total. The Bertz CT molecular complexity index is 1330. The molecule has 4 rings (SSSR count). The van der Waals surface area contributed by atoms with E-state index in [1.54, 1.807) is 10.7 Å². The van der Waals surface area contributed by atoms with E-state index in [2.05, 4.69) is 27.1 Å². The van der Waals surface area contributed by atoms with E-state index >= 15 is 0 Å². The van der Waals surface area contributed by atoms with Crippen LogP contribution in [0.25, 0.3) is 5.52 Å². The molecule has 0 aliphatic carbocycles. The number of hydrogen-bond acceptors (Lipinski definition) is 6. The monoisotopic (exact) mass is 456 g/mol. The Kier molecular flexibility index (Phi) is 6.91. The molecule has 0 aliphatic heterocycles. The van der Waals surface area contributed by atoms with Gasteiger partial charge in [0.2, 0.25) is 0 Å². The number of benzene rings is 2. The van der Waals surface area contributed by atoms with Crippen LogP contribution in [0.15, 0.2) is 67.0 Å². The molecule has 2 aromatic heterocycles. The minimum Gasteiger partial charge on any atom is -0.457 e. The summed E-state index contributed by atoms with van der Waals surface area (Å²) in [6.45, 7) is 2.22. The fourth-order valence-electron chi connectivity index (χ4n) is 3.45. The molecule has 2 heterocycles. The third-order valence-electron chi connectivity index (χ3n) is 5.15. The number of amides is 2. The Balaban J connectivity index is 1.58. The molecule has 4 N–H and O–H groups in total. The molecule has 2 amide bonds. The van der Waals surface area contributed by atoms with Crippen LogP contribution >= 0.6 is 0 Å². The zero-order chi connectivity index (χ0) is 23.9. The van der Waals surface area contributed by atoms with Crippen LogP contribution in [0.3, 0.4) is 0 Å². The highest BCUT2D eigenvalue weighted by molar-refractivity contribution is 5.94. The second-order valence-corrected chi connectivity index (χ2v) is 7.53. The number of fused-ring (bicyclic) bond motifs is 1. The van der Waals surface area contributed by atoms with Gasteiger partial charge in [-0.2, -0.15) is 10.4 Å². The average molecular weight is 457 g/mol. The minimum atomic E-state index is -0.378. The number of carbonyl (C=O) groups is 1. The van der Waals surface area contributed by atoms with E-state index < -0.39 is 0 Å². The van der Waals surface area contributed by atoms with Crippen molar-refractivity contribution in [3.8, 4) is 17.6 Å². The van der Waals surface area contributed by atoms with Crippen LogP contribution in [0.4, 0.5) is 21.9 Å². The highest BCUT2D eigenvalue weighted by atomic mass is 16.5. The van der Waals surface area contributed by atoms with Crippen LogP contribution in [0, 0.1) is 18.3 Å². The maximum absolute atomic E-state index is 12.2. The van der Waals surface area contributed by atoms with Gasteiger partial charge in [0.25, 0.3) is 0 Å². The number of urea groups is 1. The molecule has 0 aliphatic rings. The lowest BCUT2D eigenvalue weighted by atomic mass is 10.1. The predicted octanol–water partition coefficient (Wildman–Crippen LogP) is 4.55. The predicted molar refractivity (Wildman–Crippen MR) is 130 cm³/mol. The van der Waals surface area contributed by atoms with Gasteiger partial charge in [-0.1, -0.05) is 18.2 Å². The molecule has 0 saturated carbocycles. The summed E-state index contributed by atoms with van der Waals surface area (Å²) in [6.07, 6.45) is 3.65. The lowest BCUT2D eigenvalue weighted by molar-refractivity contribution is 0.249. The van der Waals surface area contributed by atoms with Crippen LogP contribution < -0.4 is 20.7 Å². The van der Waals surface area contributed by atoms with Gasteiger partial charge >= 0.3 is 6.03 Å². The van der Waals surface area contributed by atoms with E-state index in [1.807, 2.05) is 61.5 Å². The Morgan fingerprint density at radius 1 is 1.15 bits per heavy atom. The van der Waals surface area contributed by atoms with Gasteiger partial charge in [-0.3, -0.25) is 0 Å². The van der Waals surface area contributed by atoms with Crippen LogP contribution in [-0.2, 0) is 0 Å². The third kappa shape index (κ3) is 5.09. The molecule has 0 bridgehead atoms. The molecule has 0 atom stereocenters. The maximum atomic E-state index is 12.2. The van der Waals surface area contributed by atoms with E-state index in [0.717, 1.165) is 17.0 Å². The van der Waals surface area contributed by atoms with Crippen molar-refractivity contribution in [1.82, 2.24) is 14.9 Å². The number of aryl methyl sites for hydroxylation is 1. The van der Waals surface area contributed by atoms with Gasteiger partial charge in [-0.05, 0) is 49.7 Å². The van der Waals surface area contributed by atoms with E-state index in [9.17, 15) is 10.1 Å². The first kappa shape index (κ1) is 22.6. The number of anilines is 3. The summed E-state index contributed by atoms with van der Waals surface area (Å²) < 4.78 is 7.46. The molecule has 2 aromatic carbocycles. The van der Waals surface area contributed by atoms with E-state index in [1.165, 1.54) is 6.20 Å². The number of carbonyl (C=O) groups excluding carboxylic acids is 1. The summed E-state index contributed by atoms with van der Waals surface area (Å²) in [5, 5.41) is 31.6. The fraction of sp³-hybridized carbons (Fsp3) is 0.160. The number of aliphatic hydroxyl groups is 1. The number of para-hydroxylation sites is 1. The number of aromatic nitrogens is 2. The number of ether oxygens (including phenoxy) is 1. The molecule has 0 saturated heterocycles. The van der Waals surface area contributed by atoms with Crippen molar-refractivity contribution in [3.05, 3.63) is 78.1 Å². The summed E-state index contributed by atoms with van der Waals surface area (Å²) in [5.74, 6) is 1.43. The number of hydrogen-bond donors (Lipinski definition) is 4. The van der Waals surface area contributed by atoms with E-state index in [0.29, 0.717) is 41.2 Å². The third-order valence-corrected chi connectivity index (χ3v) is 5.15. The number of nitriles is 1. The van der Waals surface area contributed by atoms with E-state index in [4.69, 9.17) is 9.84 Å². The van der Waals surface area contributed by atoms with Gasteiger partial charge in [-0.15, -0.1) is 0 Å². The van der Waals surface area contributed by atoms with Crippen LogP contribution in [-0.4, -0.2) is 33.9 Å². The molecule has 0 fully saturated rings. The van der Waals surface area contributed by atoms with Crippen molar-refractivity contribution >= 4 is 28.6 Å². The summed E-state index contributed by atoms with van der Waals surface area (Å²) in [5.41, 5.74) is 3.72. The van der Waals surface area contributed by atoms with Gasteiger partial charge in [0.1, 0.15) is 17.6 Å². The largest absolute Gasteiger partial charge is 0.457 e. The highest BCUT2D eigenvalue weighted by Gasteiger charge is 2.17. The second-order valence-electron chi connectivity index (χ2n) is 7.53. The number of aliphatic hydroxyl groups excluding tert-OH is 1. The fourth-order valence-corrected chi connectivity index (χ4v) is 3.45. The Morgan fingerprint density at radius 3 is 2.59 bits per heavy atom. The van der Waals surface area contributed by atoms with Crippen LogP contribution in [0.5, 0.6) is 11.5 Å². The van der Waals surface area contributed by atoms with Gasteiger partial charge in [0.15, 0.2) is 0 Å². The number of rotatable bonds is 8. The first-order valence-electron chi connectivity index (χ1n) is 10.8. The minimum absolute atomic E-state index is 0.00463. The molecule has 0 radical (unpaired) electrons. The van der Waals surface area contributed by atoms with Gasteiger partial charge in [0.05, 0.1) is 34.8 Å². The van der Waals surface area contributed by atoms with Crippen molar-refractivity contribution in [3.63, 3.8) is 0 Å². The SMILES string of the molecule is Cc1c(NC(=O)NCCCO)cn2ncc(C#N)c(Nc3ccc(Oc4ccccc4)cc3)c12. The lowest BCUT2D eigenvalue weighted by Gasteiger charge is -2.12. The molecular weight excluding hydrogens is 432 g/mol. The molecule has 34 heavy (non-hydrogen) atoms. The smallest absolute Gasteiger partial charge is 0.319 e.